The minimum absolute atomic E-state index is 0.525. The van der Waals surface area contributed by atoms with Crippen LogP contribution in [0.3, 0.4) is 0 Å². The van der Waals surface area contributed by atoms with Crippen LogP contribution < -0.4 is 9.47 Å². The molecule has 1 atom stereocenters. The van der Waals surface area contributed by atoms with Crippen LogP contribution in [0.15, 0.2) is 48.5 Å². The van der Waals surface area contributed by atoms with Crippen LogP contribution in [-0.4, -0.2) is 19.3 Å². The van der Waals surface area contributed by atoms with Gasteiger partial charge in [0.05, 0.1) is 20.3 Å². The summed E-state index contributed by atoms with van der Waals surface area (Å²) >= 11 is 0. The summed E-state index contributed by atoms with van der Waals surface area (Å²) in [5.74, 6) is 1.50. The summed E-state index contributed by atoms with van der Waals surface area (Å²) < 4.78 is 10.4. The Hall–Kier alpha value is -2.00. The molecule has 0 aliphatic heterocycles. The molecule has 0 saturated heterocycles. The highest BCUT2D eigenvalue weighted by molar-refractivity contribution is 5.37. The monoisotopic (exact) mass is 258 g/mol. The van der Waals surface area contributed by atoms with Gasteiger partial charge in [-0.1, -0.05) is 30.3 Å². The third kappa shape index (κ3) is 3.26. The molecule has 0 radical (unpaired) electrons. The van der Waals surface area contributed by atoms with E-state index in [9.17, 15) is 5.11 Å². The van der Waals surface area contributed by atoms with Crippen molar-refractivity contribution in [2.24, 2.45) is 0 Å². The van der Waals surface area contributed by atoms with E-state index in [2.05, 4.69) is 0 Å². The number of hydrogen-bond acceptors (Lipinski definition) is 3. The Bertz CT molecular complexity index is 537. The average molecular weight is 258 g/mol. The van der Waals surface area contributed by atoms with Gasteiger partial charge in [0.15, 0.2) is 0 Å². The van der Waals surface area contributed by atoms with Crippen LogP contribution in [-0.2, 0) is 6.42 Å². The molecular formula is C16H18O3. The zero-order valence-electron chi connectivity index (χ0n) is 11.2. The molecule has 0 spiro atoms. The van der Waals surface area contributed by atoms with Gasteiger partial charge in [-0.15, -0.1) is 0 Å². The first-order chi connectivity index (χ1) is 9.24. The summed E-state index contributed by atoms with van der Waals surface area (Å²) in [4.78, 5) is 0. The topological polar surface area (TPSA) is 38.7 Å². The standard InChI is InChI=1S/C16H18O3/c1-18-13-7-5-6-12(10-13)11-15(17)14-8-3-4-9-16(14)19-2/h3-10,15,17H,11H2,1-2H3. The first-order valence-electron chi connectivity index (χ1n) is 6.18. The van der Waals surface area contributed by atoms with E-state index < -0.39 is 6.10 Å². The van der Waals surface area contributed by atoms with Gasteiger partial charge in [-0.2, -0.15) is 0 Å². The Balaban J connectivity index is 2.18. The van der Waals surface area contributed by atoms with E-state index in [1.54, 1.807) is 14.2 Å². The zero-order valence-corrected chi connectivity index (χ0v) is 11.2. The fourth-order valence-corrected chi connectivity index (χ4v) is 2.07. The zero-order chi connectivity index (χ0) is 13.7. The fraction of sp³-hybridized carbons (Fsp3) is 0.250. The first-order valence-corrected chi connectivity index (χ1v) is 6.18. The van der Waals surface area contributed by atoms with Gasteiger partial charge in [-0.25, -0.2) is 0 Å². The van der Waals surface area contributed by atoms with Crippen LogP contribution >= 0.6 is 0 Å². The molecule has 3 heteroatoms. The van der Waals surface area contributed by atoms with Crippen LogP contribution in [0, 0.1) is 0 Å². The molecule has 2 aromatic rings. The second-order valence-corrected chi connectivity index (χ2v) is 4.31. The average Bonchev–Trinajstić information content (AvgIpc) is 2.47. The van der Waals surface area contributed by atoms with Gasteiger partial charge in [-0.05, 0) is 23.8 Å². The van der Waals surface area contributed by atoms with Crippen LogP contribution in [0.1, 0.15) is 17.2 Å². The van der Waals surface area contributed by atoms with Crippen LogP contribution in [0.2, 0.25) is 0 Å². The molecule has 0 aromatic heterocycles. The van der Waals surface area contributed by atoms with Crippen LogP contribution in [0.25, 0.3) is 0 Å². The Kier molecular flexibility index (Phi) is 4.42. The Morgan fingerprint density at radius 3 is 2.53 bits per heavy atom. The predicted octanol–water partition coefficient (Wildman–Crippen LogP) is 2.98. The lowest BCUT2D eigenvalue weighted by Gasteiger charge is -2.15. The Labute approximate surface area is 113 Å². The van der Waals surface area contributed by atoms with Gasteiger partial charge in [0.2, 0.25) is 0 Å². The summed E-state index contributed by atoms with van der Waals surface area (Å²) in [5, 5.41) is 10.3. The predicted molar refractivity (Wildman–Crippen MR) is 74.7 cm³/mol. The van der Waals surface area contributed by atoms with Gasteiger partial charge < -0.3 is 14.6 Å². The van der Waals surface area contributed by atoms with Crippen molar-refractivity contribution in [1.29, 1.82) is 0 Å². The van der Waals surface area contributed by atoms with E-state index >= 15 is 0 Å². The summed E-state index contributed by atoms with van der Waals surface area (Å²) in [7, 11) is 3.24. The molecular weight excluding hydrogens is 240 g/mol. The molecule has 1 unspecified atom stereocenters. The van der Waals surface area contributed by atoms with Crippen molar-refractivity contribution in [2.75, 3.05) is 14.2 Å². The molecule has 100 valence electrons. The maximum atomic E-state index is 10.3. The number of benzene rings is 2. The third-order valence-electron chi connectivity index (χ3n) is 3.06. The van der Waals surface area contributed by atoms with Crippen LogP contribution in [0.4, 0.5) is 0 Å². The minimum Gasteiger partial charge on any atom is -0.497 e. The number of methoxy groups -OCH3 is 2. The molecule has 19 heavy (non-hydrogen) atoms. The Morgan fingerprint density at radius 1 is 1.00 bits per heavy atom. The van der Waals surface area contributed by atoms with Gasteiger partial charge in [0.25, 0.3) is 0 Å². The number of rotatable bonds is 5. The summed E-state index contributed by atoms with van der Waals surface area (Å²) in [6.45, 7) is 0. The van der Waals surface area contributed by atoms with Crippen LogP contribution in [0.5, 0.6) is 11.5 Å². The van der Waals surface area contributed by atoms with Crippen molar-refractivity contribution < 1.29 is 14.6 Å². The number of aliphatic hydroxyl groups is 1. The Morgan fingerprint density at radius 2 is 1.79 bits per heavy atom. The highest BCUT2D eigenvalue weighted by Crippen LogP contribution is 2.27. The maximum absolute atomic E-state index is 10.3. The molecule has 2 rings (SSSR count). The van der Waals surface area contributed by atoms with E-state index in [-0.39, 0.29) is 0 Å². The molecule has 2 aromatic carbocycles. The third-order valence-corrected chi connectivity index (χ3v) is 3.06. The lowest BCUT2D eigenvalue weighted by atomic mass is 10.0. The molecule has 0 aliphatic carbocycles. The van der Waals surface area contributed by atoms with E-state index in [0.29, 0.717) is 12.2 Å². The van der Waals surface area contributed by atoms with E-state index in [1.165, 1.54) is 0 Å². The van der Waals surface area contributed by atoms with Crippen molar-refractivity contribution >= 4 is 0 Å². The van der Waals surface area contributed by atoms with Gasteiger partial charge in [0, 0.05) is 12.0 Å². The molecule has 0 saturated carbocycles. The minimum atomic E-state index is -0.594. The molecule has 0 heterocycles. The molecule has 0 fully saturated rings. The number of hydrogen-bond donors (Lipinski definition) is 1. The first kappa shape index (κ1) is 13.4. The quantitative estimate of drug-likeness (QED) is 0.896. The second-order valence-electron chi connectivity index (χ2n) is 4.31. The van der Waals surface area contributed by atoms with E-state index in [4.69, 9.17) is 9.47 Å². The van der Waals surface area contributed by atoms with Crippen molar-refractivity contribution in [3.8, 4) is 11.5 Å². The molecule has 0 amide bonds. The normalized spacial score (nSPS) is 11.9. The van der Waals surface area contributed by atoms with Gasteiger partial charge in [0.1, 0.15) is 11.5 Å². The largest absolute Gasteiger partial charge is 0.497 e. The smallest absolute Gasteiger partial charge is 0.124 e. The number of para-hydroxylation sites is 1. The summed E-state index contributed by atoms with van der Waals surface area (Å²) in [6.07, 6.45) is -0.0688. The lowest BCUT2D eigenvalue weighted by molar-refractivity contribution is 0.174. The van der Waals surface area contributed by atoms with Crippen molar-refractivity contribution in [1.82, 2.24) is 0 Å². The fourth-order valence-electron chi connectivity index (χ4n) is 2.07. The second kappa shape index (κ2) is 6.25. The van der Waals surface area contributed by atoms with Gasteiger partial charge in [-0.3, -0.25) is 0 Å². The summed E-state index contributed by atoms with van der Waals surface area (Å²) in [6, 6.07) is 15.2. The molecule has 3 nitrogen and oxygen atoms in total. The van der Waals surface area contributed by atoms with E-state index in [1.807, 2.05) is 48.5 Å². The van der Waals surface area contributed by atoms with E-state index in [0.717, 1.165) is 16.9 Å². The molecule has 0 aliphatic rings. The van der Waals surface area contributed by atoms with Crippen molar-refractivity contribution in [3.05, 3.63) is 59.7 Å². The summed E-state index contributed by atoms with van der Waals surface area (Å²) in [5.41, 5.74) is 1.82. The maximum Gasteiger partial charge on any atom is 0.124 e. The lowest BCUT2D eigenvalue weighted by Crippen LogP contribution is -2.04. The molecule has 0 bridgehead atoms. The number of aliphatic hydroxyl groups excluding tert-OH is 1. The number of ether oxygens (including phenoxy) is 2. The van der Waals surface area contributed by atoms with Crippen molar-refractivity contribution in [2.45, 2.75) is 12.5 Å². The van der Waals surface area contributed by atoms with Crippen molar-refractivity contribution in [3.63, 3.8) is 0 Å². The SMILES string of the molecule is COc1cccc(CC(O)c2ccccc2OC)c1. The molecule has 1 N–H and O–H groups in total. The highest BCUT2D eigenvalue weighted by Gasteiger charge is 2.13. The highest BCUT2D eigenvalue weighted by atomic mass is 16.5. The van der Waals surface area contributed by atoms with Gasteiger partial charge >= 0.3 is 0 Å².